The van der Waals surface area contributed by atoms with Crippen molar-refractivity contribution in [3.05, 3.63) is 42.5 Å². The van der Waals surface area contributed by atoms with Crippen LogP contribution in [-0.4, -0.2) is 37.1 Å². The highest BCUT2D eigenvalue weighted by molar-refractivity contribution is 14.0. The van der Waals surface area contributed by atoms with Crippen LogP contribution in [0.4, 0.5) is 0 Å². The fourth-order valence-electron chi connectivity index (χ4n) is 2.86. The lowest BCUT2D eigenvalue weighted by molar-refractivity contribution is 0.323. The Balaban J connectivity index is 0.00000192. The number of guanidine groups is 1. The highest BCUT2D eigenvalue weighted by Gasteiger charge is 2.11. The Bertz CT molecular complexity index is 648. The molecule has 1 aliphatic heterocycles. The lowest BCUT2D eigenvalue weighted by Crippen LogP contribution is -2.41. The number of aliphatic imine (C=N–C) groups is 1. The van der Waals surface area contributed by atoms with Crippen molar-refractivity contribution < 1.29 is 4.74 Å². The Kier molecular flexibility index (Phi) is 6.95. The minimum atomic E-state index is 0. The molecule has 1 saturated heterocycles. The molecule has 0 saturated carbocycles. The van der Waals surface area contributed by atoms with Gasteiger partial charge in [-0.2, -0.15) is 0 Å². The van der Waals surface area contributed by atoms with E-state index in [4.69, 9.17) is 10.5 Å². The molecule has 1 heterocycles. The van der Waals surface area contributed by atoms with Gasteiger partial charge < -0.3 is 15.4 Å². The molecule has 0 bridgehead atoms. The Morgan fingerprint density at radius 3 is 2.61 bits per heavy atom. The summed E-state index contributed by atoms with van der Waals surface area (Å²) in [4.78, 5) is 6.61. The van der Waals surface area contributed by atoms with Crippen molar-refractivity contribution in [2.75, 3.05) is 26.2 Å². The van der Waals surface area contributed by atoms with Crippen molar-refractivity contribution in [2.24, 2.45) is 10.7 Å². The molecule has 0 aliphatic carbocycles. The van der Waals surface area contributed by atoms with Gasteiger partial charge in [-0.05, 0) is 30.7 Å². The average Bonchev–Trinajstić information content (AvgIpc) is 2.59. The van der Waals surface area contributed by atoms with E-state index in [1.165, 1.54) is 24.6 Å². The van der Waals surface area contributed by atoms with E-state index < -0.39 is 0 Å². The molecule has 0 spiro atoms. The van der Waals surface area contributed by atoms with Crippen molar-refractivity contribution in [2.45, 2.75) is 19.3 Å². The highest BCUT2D eigenvalue weighted by Crippen LogP contribution is 2.24. The number of likely N-dealkylation sites (tertiary alicyclic amines) is 1. The van der Waals surface area contributed by atoms with E-state index in [1.54, 1.807) is 0 Å². The minimum Gasteiger partial charge on any atom is -0.491 e. The summed E-state index contributed by atoms with van der Waals surface area (Å²) < 4.78 is 5.88. The van der Waals surface area contributed by atoms with Crippen LogP contribution in [0.25, 0.3) is 10.8 Å². The molecule has 2 N–H and O–H groups in total. The lowest BCUT2D eigenvalue weighted by atomic mass is 10.1. The van der Waals surface area contributed by atoms with Gasteiger partial charge in [0, 0.05) is 18.5 Å². The molecule has 2 aromatic carbocycles. The van der Waals surface area contributed by atoms with E-state index >= 15 is 0 Å². The van der Waals surface area contributed by atoms with E-state index in [0.717, 1.165) is 24.2 Å². The first kappa shape index (κ1) is 17.8. The van der Waals surface area contributed by atoms with Crippen LogP contribution in [0.5, 0.6) is 5.75 Å². The molecule has 2 aromatic rings. The molecule has 23 heavy (non-hydrogen) atoms. The van der Waals surface area contributed by atoms with Crippen LogP contribution in [0.3, 0.4) is 0 Å². The molecule has 0 radical (unpaired) electrons. The first-order chi connectivity index (χ1) is 10.8. The third kappa shape index (κ3) is 4.73. The van der Waals surface area contributed by atoms with Gasteiger partial charge in [-0.15, -0.1) is 24.0 Å². The fourth-order valence-corrected chi connectivity index (χ4v) is 2.86. The van der Waals surface area contributed by atoms with E-state index in [1.807, 2.05) is 24.3 Å². The number of nitrogens with zero attached hydrogens (tertiary/aromatic N) is 2. The zero-order valence-electron chi connectivity index (χ0n) is 13.3. The van der Waals surface area contributed by atoms with Crippen LogP contribution in [-0.2, 0) is 0 Å². The fraction of sp³-hybridized carbons (Fsp3) is 0.389. The largest absolute Gasteiger partial charge is 0.491 e. The number of nitrogens with two attached hydrogens (primary N) is 1. The van der Waals surface area contributed by atoms with E-state index in [0.29, 0.717) is 19.1 Å². The first-order valence-electron chi connectivity index (χ1n) is 8.00. The smallest absolute Gasteiger partial charge is 0.191 e. The van der Waals surface area contributed by atoms with Gasteiger partial charge in [0.15, 0.2) is 5.96 Å². The second-order valence-electron chi connectivity index (χ2n) is 5.61. The summed E-state index contributed by atoms with van der Waals surface area (Å²) in [6.07, 6.45) is 3.72. The molecular formula is C18H24IN3O. The number of fused-ring (bicyclic) bond motifs is 1. The summed E-state index contributed by atoms with van der Waals surface area (Å²) >= 11 is 0. The summed E-state index contributed by atoms with van der Waals surface area (Å²) in [6, 6.07) is 14.3. The Morgan fingerprint density at radius 1 is 1.04 bits per heavy atom. The minimum absolute atomic E-state index is 0. The maximum atomic E-state index is 6.04. The number of ether oxygens (including phenoxy) is 1. The molecule has 1 aliphatic rings. The van der Waals surface area contributed by atoms with Gasteiger partial charge in [-0.1, -0.05) is 36.4 Å². The monoisotopic (exact) mass is 425 g/mol. The summed E-state index contributed by atoms with van der Waals surface area (Å²) in [5, 5.41) is 2.33. The molecule has 0 unspecified atom stereocenters. The second-order valence-corrected chi connectivity index (χ2v) is 5.61. The van der Waals surface area contributed by atoms with Crippen molar-refractivity contribution >= 4 is 40.7 Å². The van der Waals surface area contributed by atoms with Crippen LogP contribution in [0.15, 0.2) is 47.5 Å². The average molecular weight is 425 g/mol. The lowest BCUT2D eigenvalue weighted by Gasteiger charge is -2.27. The maximum Gasteiger partial charge on any atom is 0.191 e. The van der Waals surface area contributed by atoms with Gasteiger partial charge in [-0.3, -0.25) is 0 Å². The predicted molar refractivity (Wildman–Crippen MR) is 107 cm³/mol. The van der Waals surface area contributed by atoms with Crippen molar-refractivity contribution in [1.82, 2.24) is 4.90 Å². The Hall–Kier alpha value is -1.50. The number of rotatable bonds is 4. The van der Waals surface area contributed by atoms with E-state index in [-0.39, 0.29) is 24.0 Å². The molecule has 3 rings (SSSR count). The Morgan fingerprint density at radius 2 is 1.78 bits per heavy atom. The predicted octanol–water partition coefficient (Wildman–Crippen LogP) is 3.64. The van der Waals surface area contributed by atoms with Gasteiger partial charge in [0.2, 0.25) is 0 Å². The molecule has 4 nitrogen and oxygen atoms in total. The SMILES string of the molecule is I.NC(=NCCOc1cccc2ccccc12)N1CCCCC1. The number of hydrogen-bond acceptors (Lipinski definition) is 2. The third-order valence-electron chi connectivity index (χ3n) is 4.05. The Labute approximate surface area is 154 Å². The molecule has 0 atom stereocenters. The topological polar surface area (TPSA) is 50.9 Å². The molecule has 0 amide bonds. The summed E-state index contributed by atoms with van der Waals surface area (Å²) in [6.45, 7) is 3.19. The van der Waals surface area contributed by atoms with Gasteiger partial charge in [0.1, 0.15) is 12.4 Å². The normalized spacial score (nSPS) is 15.3. The summed E-state index contributed by atoms with van der Waals surface area (Å²) in [5.74, 6) is 1.56. The molecular weight excluding hydrogens is 401 g/mol. The van der Waals surface area contributed by atoms with Crippen molar-refractivity contribution in [3.63, 3.8) is 0 Å². The van der Waals surface area contributed by atoms with Crippen LogP contribution >= 0.6 is 24.0 Å². The van der Waals surface area contributed by atoms with Crippen LogP contribution < -0.4 is 10.5 Å². The quantitative estimate of drug-likeness (QED) is 0.352. The summed E-state index contributed by atoms with van der Waals surface area (Å²) in [7, 11) is 0. The van der Waals surface area contributed by atoms with Crippen LogP contribution in [0.2, 0.25) is 0 Å². The standard InChI is InChI=1S/C18H23N3O.HI/c19-18(21-12-4-1-5-13-21)20-11-14-22-17-10-6-8-15-7-2-3-9-16(15)17;/h2-3,6-10H,1,4-5,11-14H2,(H2,19,20);1H. The number of piperidine rings is 1. The number of benzene rings is 2. The van der Waals surface area contributed by atoms with Gasteiger partial charge in [0.25, 0.3) is 0 Å². The highest BCUT2D eigenvalue weighted by atomic mass is 127. The zero-order chi connectivity index (χ0) is 15.2. The zero-order valence-corrected chi connectivity index (χ0v) is 15.6. The second kappa shape index (κ2) is 8.96. The first-order valence-corrected chi connectivity index (χ1v) is 8.00. The van der Waals surface area contributed by atoms with Gasteiger partial charge >= 0.3 is 0 Å². The number of hydrogen-bond donors (Lipinski definition) is 1. The van der Waals surface area contributed by atoms with Gasteiger partial charge in [0.05, 0.1) is 6.54 Å². The van der Waals surface area contributed by atoms with Crippen molar-refractivity contribution in [3.8, 4) is 5.75 Å². The van der Waals surface area contributed by atoms with Gasteiger partial charge in [-0.25, -0.2) is 4.99 Å². The summed E-state index contributed by atoms with van der Waals surface area (Å²) in [5.41, 5.74) is 6.04. The third-order valence-corrected chi connectivity index (χ3v) is 4.05. The van der Waals surface area contributed by atoms with Crippen LogP contribution in [0, 0.1) is 0 Å². The molecule has 5 heteroatoms. The molecule has 1 fully saturated rings. The maximum absolute atomic E-state index is 6.04. The number of halogens is 1. The molecule has 124 valence electrons. The van der Waals surface area contributed by atoms with Crippen molar-refractivity contribution in [1.29, 1.82) is 0 Å². The molecule has 0 aromatic heterocycles. The van der Waals surface area contributed by atoms with Crippen LogP contribution in [0.1, 0.15) is 19.3 Å². The van der Waals surface area contributed by atoms with E-state index in [2.05, 4.69) is 28.1 Å². The van der Waals surface area contributed by atoms with E-state index in [9.17, 15) is 0 Å².